The van der Waals surface area contributed by atoms with Gasteiger partial charge in [0.2, 0.25) is 0 Å². The SMILES string of the molecule is c1cncc(CNCc2ccc(OC[C@@H]3CCOC3)cc2)c1. The van der Waals surface area contributed by atoms with Crippen molar-refractivity contribution >= 4 is 0 Å². The second-order valence-electron chi connectivity index (χ2n) is 5.65. The molecule has 1 N–H and O–H groups in total. The van der Waals surface area contributed by atoms with Crippen LogP contribution < -0.4 is 10.1 Å². The lowest BCUT2D eigenvalue weighted by atomic mass is 10.1. The maximum atomic E-state index is 5.81. The van der Waals surface area contributed by atoms with E-state index in [9.17, 15) is 0 Å². The summed E-state index contributed by atoms with van der Waals surface area (Å²) in [6.07, 6.45) is 4.78. The van der Waals surface area contributed by atoms with Crippen LogP contribution in [0.25, 0.3) is 0 Å². The first kappa shape index (κ1) is 15.0. The molecule has 2 aromatic rings. The Bertz CT molecular complexity index is 551. The molecule has 1 aromatic heterocycles. The average Bonchev–Trinajstić information content (AvgIpc) is 3.09. The topological polar surface area (TPSA) is 43.4 Å². The van der Waals surface area contributed by atoms with Gasteiger partial charge >= 0.3 is 0 Å². The van der Waals surface area contributed by atoms with Gasteiger partial charge in [-0.25, -0.2) is 0 Å². The summed E-state index contributed by atoms with van der Waals surface area (Å²) in [6.45, 7) is 4.12. The molecule has 22 heavy (non-hydrogen) atoms. The van der Waals surface area contributed by atoms with E-state index in [1.807, 2.05) is 24.4 Å². The summed E-state index contributed by atoms with van der Waals surface area (Å²) in [5, 5.41) is 3.42. The Hall–Kier alpha value is -1.91. The highest BCUT2D eigenvalue weighted by atomic mass is 16.5. The Balaban J connectivity index is 1.41. The molecule has 1 aliphatic rings. The lowest BCUT2D eigenvalue weighted by molar-refractivity contribution is 0.167. The second kappa shape index (κ2) is 7.92. The molecule has 0 bridgehead atoms. The number of ether oxygens (including phenoxy) is 2. The molecule has 0 amide bonds. The first-order valence-corrected chi connectivity index (χ1v) is 7.79. The Labute approximate surface area is 131 Å². The highest BCUT2D eigenvalue weighted by Gasteiger charge is 2.15. The minimum absolute atomic E-state index is 0.542. The molecule has 116 valence electrons. The summed E-state index contributed by atoms with van der Waals surface area (Å²) in [5.41, 5.74) is 2.45. The largest absolute Gasteiger partial charge is 0.493 e. The summed E-state index contributed by atoms with van der Waals surface area (Å²) in [5.74, 6) is 1.48. The Kier molecular flexibility index (Phi) is 5.40. The van der Waals surface area contributed by atoms with Gasteiger partial charge in [0.1, 0.15) is 5.75 Å². The van der Waals surface area contributed by atoms with Gasteiger partial charge in [-0.05, 0) is 35.7 Å². The zero-order chi connectivity index (χ0) is 15.0. The number of hydrogen-bond acceptors (Lipinski definition) is 4. The van der Waals surface area contributed by atoms with Gasteiger partial charge in [0.05, 0.1) is 13.2 Å². The Morgan fingerprint density at radius 1 is 1.14 bits per heavy atom. The van der Waals surface area contributed by atoms with Gasteiger partial charge in [-0.3, -0.25) is 4.98 Å². The molecule has 0 spiro atoms. The fourth-order valence-corrected chi connectivity index (χ4v) is 2.49. The normalized spacial score (nSPS) is 17.5. The van der Waals surface area contributed by atoms with E-state index >= 15 is 0 Å². The second-order valence-corrected chi connectivity index (χ2v) is 5.65. The van der Waals surface area contributed by atoms with Crippen LogP contribution in [0.2, 0.25) is 0 Å². The van der Waals surface area contributed by atoms with E-state index in [1.54, 1.807) is 6.20 Å². The van der Waals surface area contributed by atoms with Gasteiger partial charge in [0, 0.05) is 38.0 Å². The van der Waals surface area contributed by atoms with Crippen LogP contribution in [-0.2, 0) is 17.8 Å². The fraction of sp³-hybridized carbons (Fsp3) is 0.389. The van der Waals surface area contributed by atoms with Crippen molar-refractivity contribution in [3.05, 3.63) is 59.9 Å². The average molecular weight is 298 g/mol. The van der Waals surface area contributed by atoms with Gasteiger partial charge in [0.15, 0.2) is 0 Å². The van der Waals surface area contributed by atoms with Crippen molar-refractivity contribution in [1.82, 2.24) is 10.3 Å². The smallest absolute Gasteiger partial charge is 0.119 e. The molecule has 0 saturated carbocycles. The van der Waals surface area contributed by atoms with Gasteiger partial charge in [-0.1, -0.05) is 18.2 Å². The summed E-state index contributed by atoms with van der Waals surface area (Å²) in [7, 11) is 0. The van der Waals surface area contributed by atoms with Crippen LogP contribution in [0, 0.1) is 5.92 Å². The zero-order valence-electron chi connectivity index (χ0n) is 12.7. The Morgan fingerprint density at radius 2 is 2.00 bits per heavy atom. The molecule has 0 aliphatic carbocycles. The molecular formula is C18H22N2O2. The Morgan fingerprint density at radius 3 is 2.73 bits per heavy atom. The van der Waals surface area contributed by atoms with Gasteiger partial charge < -0.3 is 14.8 Å². The third-order valence-electron chi connectivity index (χ3n) is 3.81. The predicted molar refractivity (Wildman–Crippen MR) is 85.6 cm³/mol. The highest BCUT2D eigenvalue weighted by molar-refractivity contribution is 5.27. The molecule has 1 fully saturated rings. The lowest BCUT2D eigenvalue weighted by Gasteiger charge is -2.11. The molecule has 2 heterocycles. The van der Waals surface area contributed by atoms with Crippen LogP contribution in [0.15, 0.2) is 48.8 Å². The first-order valence-electron chi connectivity index (χ1n) is 7.79. The fourth-order valence-electron chi connectivity index (χ4n) is 2.49. The molecule has 1 saturated heterocycles. The van der Waals surface area contributed by atoms with E-state index in [0.717, 1.165) is 45.1 Å². The molecule has 1 aliphatic heterocycles. The standard InChI is InChI=1S/C18H22N2O2/c1-2-16(11-19-8-1)12-20-10-15-3-5-18(6-4-15)22-14-17-7-9-21-13-17/h1-6,8,11,17,20H,7,9-10,12-14H2/t17-/m1/s1. The minimum Gasteiger partial charge on any atom is -0.493 e. The van der Waals surface area contributed by atoms with E-state index in [4.69, 9.17) is 9.47 Å². The molecule has 4 heteroatoms. The highest BCUT2D eigenvalue weighted by Crippen LogP contribution is 2.17. The van der Waals surface area contributed by atoms with Crippen LogP contribution in [-0.4, -0.2) is 24.8 Å². The lowest BCUT2D eigenvalue weighted by Crippen LogP contribution is -2.13. The van der Waals surface area contributed by atoms with E-state index in [-0.39, 0.29) is 0 Å². The molecule has 1 aromatic carbocycles. The van der Waals surface area contributed by atoms with Crippen LogP contribution in [0.1, 0.15) is 17.5 Å². The van der Waals surface area contributed by atoms with Crippen LogP contribution in [0.3, 0.4) is 0 Å². The molecule has 1 atom stereocenters. The van der Waals surface area contributed by atoms with E-state index in [2.05, 4.69) is 28.5 Å². The zero-order valence-corrected chi connectivity index (χ0v) is 12.7. The van der Waals surface area contributed by atoms with Crippen molar-refractivity contribution < 1.29 is 9.47 Å². The van der Waals surface area contributed by atoms with Crippen LogP contribution in [0.4, 0.5) is 0 Å². The molecule has 3 rings (SSSR count). The molecule has 4 nitrogen and oxygen atoms in total. The van der Waals surface area contributed by atoms with E-state index in [0.29, 0.717) is 5.92 Å². The van der Waals surface area contributed by atoms with Crippen LogP contribution >= 0.6 is 0 Å². The van der Waals surface area contributed by atoms with E-state index in [1.165, 1.54) is 11.1 Å². The number of benzene rings is 1. The summed E-state index contributed by atoms with van der Waals surface area (Å²) < 4.78 is 11.2. The summed E-state index contributed by atoms with van der Waals surface area (Å²) >= 11 is 0. The number of aromatic nitrogens is 1. The molecular weight excluding hydrogens is 276 g/mol. The maximum absolute atomic E-state index is 5.81. The monoisotopic (exact) mass is 298 g/mol. The number of hydrogen-bond donors (Lipinski definition) is 1. The van der Waals surface area contributed by atoms with E-state index < -0.39 is 0 Å². The van der Waals surface area contributed by atoms with Gasteiger partial charge in [-0.15, -0.1) is 0 Å². The number of rotatable bonds is 7. The number of nitrogens with zero attached hydrogens (tertiary/aromatic N) is 1. The number of pyridine rings is 1. The van der Waals surface area contributed by atoms with Crippen molar-refractivity contribution in [2.45, 2.75) is 19.5 Å². The van der Waals surface area contributed by atoms with Crippen molar-refractivity contribution in [3.8, 4) is 5.75 Å². The van der Waals surface area contributed by atoms with Crippen molar-refractivity contribution in [2.24, 2.45) is 5.92 Å². The molecule has 0 radical (unpaired) electrons. The first-order chi connectivity index (χ1) is 10.9. The van der Waals surface area contributed by atoms with Crippen molar-refractivity contribution in [1.29, 1.82) is 0 Å². The summed E-state index contributed by atoms with van der Waals surface area (Å²) in [4.78, 5) is 4.11. The van der Waals surface area contributed by atoms with Gasteiger partial charge in [0.25, 0.3) is 0 Å². The maximum Gasteiger partial charge on any atom is 0.119 e. The molecule has 0 unspecified atom stereocenters. The summed E-state index contributed by atoms with van der Waals surface area (Å²) in [6, 6.07) is 12.3. The third kappa shape index (κ3) is 4.55. The quantitative estimate of drug-likeness (QED) is 0.853. The minimum atomic E-state index is 0.542. The third-order valence-corrected chi connectivity index (χ3v) is 3.81. The van der Waals surface area contributed by atoms with Gasteiger partial charge in [-0.2, -0.15) is 0 Å². The van der Waals surface area contributed by atoms with Crippen molar-refractivity contribution in [3.63, 3.8) is 0 Å². The number of nitrogens with one attached hydrogen (secondary N) is 1. The van der Waals surface area contributed by atoms with Crippen molar-refractivity contribution in [2.75, 3.05) is 19.8 Å². The van der Waals surface area contributed by atoms with Crippen LogP contribution in [0.5, 0.6) is 5.75 Å². The predicted octanol–water partition coefficient (Wildman–Crippen LogP) is 2.79.